The molecule has 3 rings (SSSR count). The van der Waals surface area contributed by atoms with Gasteiger partial charge in [-0.2, -0.15) is 0 Å². The summed E-state index contributed by atoms with van der Waals surface area (Å²) < 4.78 is 5.18. The Bertz CT molecular complexity index is 825. The van der Waals surface area contributed by atoms with Crippen molar-refractivity contribution < 1.29 is 9.53 Å². The molecule has 0 saturated heterocycles. The van der Waals surface area contributed by atoms with Crippen molar-refractivity contribution in [3.05, 3.63) is 64.8 Å². The van der Waals surface area contributed by atoms with E-state index in [1.165, 1.54) is 0 Å². The van der Waals surface area contributed by atoms with Gasteiger partial charge in [0.1, 0.15) is 5.75 Å². The molecule has 0 saturated carbocycles. The highest BCUT2D eigenvalue weighted by atomic mass is 35.5. The number of aromatic amines is 1. The average molecular weight is 329 g/mol. The number of carbonyl (C=O) groups is 1. The number of nitrogens with one attached hydrogen (secondary N) is 2. The second kappa shape index (κ2) is 6.75. The van der Waals surface area contributed by atoms with E-state index in [1.807, 2.05) is 42.5 Å². The molecule has 5 heteroatoms. The molecular weight excluding hydrogens is 312 g/mol. The number of methoxy groups -OCH3 is 1. The number of amides is 1. The summed E-state index contributed by atoms with van der Waals surface area (Å²) in [4.78, 5) is 15.4. The first-order valence-corrected chi connectivity index (χ1v) is 7.73. The van der Waals surface area contributed by atoms with Gasteiger partial charge in [-0.25, -0.2) is 0 Å². The first-order chi connectivity index (χ1) is 11.2. The van der Waals surface area contributed by atoms with Crippen LogP contribution in [0.15, 0.2) is 48.7 Å². The number of fused-ring (bicyclic) bond motifs is 1. The lowest BCUT2D eigenvalue weighted by molar-refractivity contribution is 0.0956. The van der Waals surface area contributed by atoms with E-state index in [2.05, 4.69) is 10.3 Å². The van der Waals surface area contributed by atoms with Crippen LogP contribution in [0.25, 0.3) is 10.9 Å². The lowest BCUT2D eigenvalue weighted by atomic mass is 10.1. The average Bonchev–Trinajstić information content (AvgIpc) is 2.99. The Balaban J connectivity index is 1.65. The molecular formula is C18H17ClN2O2. The van der Waals surface area contributed by atoms with Crippen LogP contribution in [0, 0.1) is 0 Å². The van der Waals surface area contributed by atoms with Crippen molar-refractivity contribution >= 4 is 28.4 Å². The minimum absolute atomic E-state index is 0.0876. The fourth-order valence-corrected chi connectivity index (χ4v) is 2.61. The van der Waals surface area contributed by atoms with E-state index in [0.717, 1.165) is 28.6 Å². The molecule has 0 radical (unpaired) electrons. The molecule has 0 atom stereocenters. The summed E-state index contributed by atoms with van der Waals surface area (Å²) in [5.74, 6) is 0.671. The zero-order chi connectivity index (χ0) is 16.2. The predicted molar refractivity (Wildman–Crippen MR) is 92.3 cm³/mol. The van der Waals surface area contributed by atoms with Crippen molar-refractivity contribution in [2.75, 3.05) is 13.7 Å². The van der Waals surface area contributed by atoms with Crippen molar-refractivity contribution in [2.45, 2.75) is 6.42 Å². The second-order valence-corrected chi connectivity index (χ2v) is 5.68. The summed E-state index contributed by atoms with van der Waals surface area (Å²) in [6, 6.07) is 13.2. The zero-order valence-electron chi connectivity index (χ0n) is 12.7. The van der Waals surface area contributed by atoms with Crippen LogP contribution in [-0.2, 0) is 6.42 Å². The van der Waals surface area contributed by atoms with Gasteiger partial charge in [-0.1, -0.05) is 23.7 Å². The number of ether oxygens (including phenoxy) is 1. The largest absolute Gasteiger partial charge is 0.497 e. The third-order valence-corrected chi connectivity index (χ3v) is 4.00. The van der Waals surface area contributed by atoms with Gasteiger partial charge in [0.05, 0.1) is 12.7 Å². The normalized spacial score (nSPS) is 10.7. The fraction of sp³-hybridized carbons (Fsp3) is 0.167. The van der Waals surface area contributed by atoms with Gasteiger partial charge in [0, 0.05) is 34.7 Å². The summed E-state index contributed by atoms with van der Waals surface area (Å²) in [5.41, 5.74) is 2.66. The molecule has 2 aromatic carbocycles. The van der Waals surface area contributed by atoms with Gasteiger partial charge < -0.3 is 15.0 Å². The Labute approximate surface area is 139 Å². The number of carbonyl (C=O) groups excluding carboxylic acids is 1. The first-order valence-electron chi connectivity index (χ1n) is 7.35. The van der Waals surface area contributed by atoms with E-state index in [0.29, 0.717) is 17.1 Å². The van der Waals surface area contributed by atoms with Crippen LogP contribution >= 0.6 is 11.6 Å². The molecule has 0 spiro atoms. The number of benzene rings is 2. The third kappa shape index (κ3) is 3.48. The van der Waals surface area contributed by atoms with Crippen molar-refractivity contribution in [3.8, 4) is 5.75 Å². The molecule has 0 aliphatic rings. The topological polar surface area (TPSA) is 54.1 Å². The molecule has 1 aromatic heterocycles. The van der Waals surface area contributed by atoms with Crippen LogP contribution in [0.1, 0.15) is 15.9 Å². The SMILES string of the molecule is COc1ccc2c(C(=O)NCCc3ccc(Cl)cc3)c[nH]c2c1. The van der Waals surface area contributed by atoms with Crippen molar-refractivity contribution in [1.82, 2.24) is 10.3 Å². The van der Waals surface area contributed by atoms with Crippen LogP contribution < -0.4 is 10.1 Å². The van der Waals surface area contributed by atoms with Crippen LogP contribution in [0.2, 0.25) is 5.02 Å². The number of aromatic nitrogens is 1. The quantitative estimate of drug-likeness (QED) is 0.748. The number of halogens is 1. The Hall–Kier alpha value is -2.46. The van der Waals surface area contributed by atoms with E-state index in [1.54, 1.807) is 13.3 Å². The Morgan fingerprint density at radius 1 is 1.22 bits per heavy atom. The van der Waals surface area contributed by atoms with E-state index in [-0.39, 0.29) is 5.91 Å². The molecule has 1 heterocycles. The molecule has 0 fully saturated rings. The summed E-state index contributed by atoms with van der Waals surface area (Å²) in [6.45, 7) is 0.573. The van der Waals surface area contributed by atoms with E-state index in [9.17, 15) is 4.79 Å². The second-order valence-electron chi connectivity index (χ2n) is 5.25. The number of hydrogen-bond acceptors (Lipinski definition) is 2. The van der Waals surface area contributed by atoms with E-state index < -0.39 is 0 Å². The lowest BCUT2D eigenvalue weighted by Gasteiger charge is -2.05. The van der Waals surface area contributed by atoms with Crippen molar-refractivity contribution in [2.24, 2.45) is 0 Å². The van der Waals surface area contributed by atoms with Gasteiger partial charge in [-0.05, 0) is 36.2 Å². The Morgan fingerprint density at radius 2 is 2.00 bits per heavy atom. The number of hydrogen-bond donors (Lipinski definition) is 2. The third-order valence-electron chi connectivity index (χ3n) is 3.75. The highest BCUT2D eigenvalue weighted by Gasteiger charge is 2.12. The minimum atomic E-state index is -0.0876. The van der Waals surface area contributed by atoms with E-state index in [4.69, 9.17) is 16.3 Å². The zero-order valence-corrected chi connectivity index (χ0v) is 13.5. The summed E-state index contributed by atoms with van der Waals surface area (Å²) >= 11 is 5.86. The molecule has 23 heavy (non-hydrogen) atoms. The molecule has 0 aliphatic carbocycles. The fourth-order valence-electron chi connectivity index (χ4n) is 2.49. The molecule has 0 unspecified atom stereocenters. The number of rotatable bonds is 5. The molecule has 1 amide bonds. The van der Waals surface area contributed by atoms with Crippen molar-refractivity contribution in [1.29, 1.82) is 0 Å². The van der Waals surface area contributed by atoms with Gasteiger partial charge >= 0.3 is 0 Å². The van der Waals surface area contributed by atoms with Crippen LogP contribution in [0.4, 0.5) is 0 Å². The van der Waals surface area contributed by atoms with Gasteiger partial charge in [-0.3, -0.25) is 4.79 Å². The minimum Gasteiger partial charge on any atom is -0.497 e. The standard InChI is InChI=1S/C18H17ClN2O2/c1-23-14-6-7-15-16(11-21-17(15)10-14)18(22)20-9-8-12-2-4-13(19)5-3-12/h2-7,10-11,21H,8-9H2,1H3,(H,20,22). The van der Waals surface area contributed by atoms with Gasteiger partial charge in [0.2, 0.25) is 0 Å². The molecule has 118 valence electrons. The highest BCUT2D eigenvalue weighted by molar-refractivity contribution is 6.30. The lowest BCUT2D eigenvalue weighted by Crippen LogP contribution is -2.25. The Kier molecular flexibility index (Phi) is 4.53. The summed E-state index contributed by atoms with van der Waals surface area (Å²) in [5, 5.41) is 4.54. The molecule has 0 aliphatic heterocycles. The summed E-state index contributed by atoms with van der Waals surface area (Å²) in [6.07, 6.45) is 2.49. The molecule has 0 bridgehead atoms. The first kappa shape index (κ1) is 15.4. The highest BCUT2D eigenvalue weighted by Crippen LogP contribution is 2.23. The maximum absolute atomic E-state index is 12.3. The van der Waals surface area contributed by atoms with Crippen LogP contribution in [0.3, 0.4) is 0 Å². The number of H-pyrrole nitrogens is 1. The van der Waals surface area contributed by atoms with Gasteiger partial charge in [-0.15, -0.1) is 0 Å². The van der Waals surface area contributed by atoms with Crippen molar-refractivity contribution in [3.63, 3.8) is 0 Å². The Morgan fingerprint density at radius 3 is 2.74 bits per heavy atom. The summed E-state index contributed by atoms with van der Waals surface area (Å²) in [7, 11) is 1.62. The maximum atomic E-state index is 12.3. The van der Waals surface area contributed by atoms with Crippen LogP contribution in [-0.4, -0.2) is 24.5 Å². The van der Waals surface area contributed by atoms with E-state index >= 15 is 0 Å². The molecule has 4 nitrogen and oxygen atoms in total. The van der Waals surface area contributed by atoms with Gasteiger partial charge in [0.25, 0.3) is 5.91 Å². The smallest absolute Gasteiger partial charge is 0.253 e. The molecule has 3 aromatic rings. The predicted octanol–water partition coefficient (Wildman–Crippen LogP) is 3.80. The monoisotopic (exact) mass is 328 g/mol. The maximum Gasteiger partial charge on any atom is 0.253 e. The van der Waals surface area contributed by atoms with Gasteiger partial charge in [0.15, 0.2) is 0 Å². The van der Waals surface area contributed by atoms with Crippen LogP contribution in [0.5, 0.6) is 5.75 Å². The molecule has 2 N–H and O–H groups in total.